The molecule has 0 heterocycles. The zero-order valence-corrected chi connectivity index (χ0v) is 8.83. The molecule has 0 saturated carbocycles. The first-order valence-corrected chi connectivity index (χ1v) is 5.04. The molecule has 0 aliphatic heterocycles. The van der Waals surface area contributed by atoms with Gasteiger partial charge in [-0.25, -0.2) is 4.79 Å². The summed E-state index contributed by atoms with van der Waals surface area (Å²) in [5, 5.41) is 10.7. The van der Waals surface area contributed by atoms with Crippen LogP contribution < -0.4 is 10.1 Å². The largest absolute Gasteiger partial charge is 0.494 e. The molecule has 1 aromatic rings. The smallest absolute Gasteiger partial charge is 0.409 e. The van der Waals surface area contributed by atoms with E-state index in [1.54, 1.807) is 24.3 Å². The molecule has 0 fully saturated rings. The van der Waals surface area contributed by atoms with E-state index in [0.717, 1.165) is 6.42 Å². The van der Waals surface area contributed by atoms with Gasteiger partial charge < -0.3 is 9.84 Å². The first kappa shape index (κ1) is 11.7. The summed E-state index contributed by atoms with van der Waals surface area (Å²) in [7, 11) is 0. The molecule has 0 unspecified atom stereocenters. The third-order valence-electron chi connectivity index (χ3n) is 1.65. The number of hydrogen-bond donors (Lipinski definition) is 2. The average molecular weight is 230 g/mol. The third kappa shape index (κ3) is 4.56. The number of rotatable bonds is 5. The van der Waals surface area contributed by atoms with Crippen molar-refractivity contribution < 1.29 is 14.6 Å². The minimum Gasteiger partial charge on any atom is -0.494 e. The summed E-state index contributed by atoms with van der Waals surface area (Å²) < 4.78 is 5.35. The van der Waals surface area contributed by atoms with Gasteiger partial charge in [-0.05, 0) is 30.7 Å². The summed E-state index contributed by atoms with van der Waals surface area (Å²) in [6.07, 6.45) is -0.290. The van der Waals surface area contributed by atoms with Gasteiger partial charge in [0, 0.05) is 11.6 Å². The second kappa shape index (κ2) is 6.14. The molecule has 15 heavy (non-hydrogen) atoms. The lowest BCUT2D eigenvalue weighted by atomic mass is 10.3. The van der Waals surface area contributed by atoms with Crippen molar-refractivity contribution in [2.45, 2.75) is 6.42 Å². The molecule has 1 rings (SSSR count). The van der Waals surface area contributed by atoms with Gasteiger partial charge in [0.2, 0.25) is 0 Å². The molecule has 82 valence electrons. The second-order valence-electron chi connectivity index (χ2n) is 2.85. The lowest BCUT2D eigenvalue weighted by molar-refractivity contribution is 0.209. The molecule has 0 aromatic heterocycles. The van der Waals surface area contributed by atoms with E-state index in [1.165, 1.54) is 0 Å². The van der Waals surface area contributed by atoms with Gasteiger partial charge in [-0.3, -0.25) is 5.32 Å². The molecule has 1 amide bonds. The van der Waals surface area contributed by atoms with Gasteiger partial charge in [0.25, 0.3) is 0 Å². The van der Waals surface area contributed by atoms with Gasteiger partial charge in [-0.15, -0.1) is 11.6 Å². The Labute approximate surface area is 92.8 Å². The number of alkyl halides is 1. The molecule has 0 radical (unpaired) electrons. The monoisotopic (exact) mass is 229 g/mol. The molecule has 0 bridgehead atoms. The van der Waals surface area contributed by atoms with Crippen LogP contribution in [0.1, 0.15) is 6.42 Å². The quantitative estimate of drug-likeness (QED) is 0.603. The van der Waals surface area contributed by atoms with E-state index in [4.69, 9.17) is 21.4 Å². The van der Waals surface area contributed by atoms with Gasteiger partial charge >= 0.3 is 6.09 Å². The zero-order valence-electron chi connectivity index (χ0n) is 8.07. The minimum absolute atomic E-state index is 0.521. The fraction of sp³-hybridized carbons (Fsp3) is 0.300. The van der Waals surface area contributed by atoms with Gasteiger partial charge in [0.1, 0.15) is 5.75 Å². The van der Waals surface area contributed by atoms with Crippen LogP contribution in [0.5, 0.6) is 5.75 Å². The predicted octanol–water partition coefficient (Wildman–Crippen LogP) is 2.78. The number of carboxylic acid groups (broad SMARTS) is 1. The van der Waals surface area contributed by atoms with E-state index < -0.39 is 6.09 Å². The van der Waals surface area contributed by atoms with Crippen molar-refractivity contribution in [3.05, 3.63) is 24.3 Å². The van der Waals surface area contributed by atoms with Gasteiger partial charge in [-0.1, -0.05) is 0 Å². The van der Waals surface area contributed by atoms with Crippen molar-refractivity contribution in [3.8, 4) is 5.75 Å². The topological polar surface area (TPSA) is 58.6 Å². The SMILES string of the molecule is O=C(O)Nc1ccc(OCCCCl)cc1. The summed E-state index contributed by atoms with van der Waals surface area (Å²) >= 11 is 5.50. The van der Waals surface area contributed by atoms with Crippen LogP contribution in [0.15, 0.2) is 24.3 Å². The molecule has 1 aromatic carbocycles. The van der Waals surface area contributed by atoms with E-state index >= 15 is 0 Å². The molecular weight excluding hydrogens is 218 g/mol. The Balaban J connectivity index is 2.45. The van der Waals surface area contributed by atoms with Crippen LogP contribution in [0.4, 0.5) is 10.5 Å². The highest BCUT2D eigenvalue weighted by molar-refractivity contribution is 6.17. The van der Waals surface area contributed by atoms with Crippen LogP contribution >= 0.6 is 11.6 Å². The molecule has 5 heteroatoms. The van der Waals surface area contributed by atoms with E-state index in [9.17, 15) is 4.79 Å². The fourth-order valence-corrected chi connectivity index (χ4v) is 1.11. The summed E-state index contributed by atoms with van der Waals surface area (Å²) in [6.45, 7) is 0.565. The van der Waals surface area contributed by atoms with Crippen LogP contribution in [0.3, 0.4) is 0 Å². The second-order valence-corrected chi connectivity index (χ2v) is 3.22. The number of hydrogen-bond acceptors (Lipinski definition) is 2. The molecule has 0 saturated heterocycles. The molecule has 2 N–H and O–H groups in total. The number of carbonyl (C=O) groups is 1. The Kier molecular flexibility index (Phi) is 4.77. The van der Waals surface area contributed by atoms with Crippen LogP contribution in [0, 0.1) is 0 Å². The number of anilines is 1. The van der Waals surface area contributed by atoms with Crippen molar-refractivity contribution in [1.82, 2.24) is 0 Å². The van der Waals surface area contributed by atoms with Crippen molar-refractivity contribution in [2.75, 3.05) is 17.8 Å². The number of benzene rings is 1. The van der Waals surface area contributed by atoms with E-state index in [2.05, 4.69) is 5.32 Å². The Hall–Kier alpha value is -1.42. The Morgan fingerprint density at radius 2 is 2.07 bits per heavy atom. The van der Waals surface area contributed by atoms with E-state index in [0.29, 0.717) is 23.9 Å². The first-order valence-electron chi connectivity index (χ1n) is 4.51. The summed E-state index contributed by atoms with van der Waals surface area (Å²) in [5.41, 5.74) is 0.521. The van der Waals surface area contributed by atoms with Gasteiger partial charge in [-0.2, -0.15) is 0 Å². The number of ether oxygens (including phenoxy) is 1. The van der Waals surface area contributed by atoms with E-state index in [1.807, 2.05) is 0 Å². The molecule has 0 aliphatic rings. The lowest BCUT2D eigenvalue weighted by Gasteiger charge is -2.05. The van der Waals surface area contributed by atoms with Crippen LogP contribution in [-0.2, 0) is 0 Å². The lowest BCUT2D eigenvalue weighted by Crippen LogP contribution is -2.06. The molecular formula is C10H12ClNO3. The zero-order chi connectivity index (χ0) is 11.1. The number of halogens is 1. The maximum atomic E-state index is 10.3. The van der Waals surface area contributed by atoms with Crippen LogP contribution in [-0.4, -0.2) is 23.7 Å². The maximum Gasteiger partial charge on any atom is 0.409 e. The van der Waals surface area contributed by atoms with Crippen molar-refractivity contribution in [3.63, 3.8) is 0 Å². The molecule has 0 spiro atoms. The summed E-state index contributed by atoms with van der Waals surface area (Å²) in [4.78, 5) is 10.3. The van der Waals surface area contributed by atoms with Crippen molar-refractivity contribution >= 4 is 23.4 Å². The maximum absolute atomic E-state index is 10.3. The highest BCUT2D eigenvalue weighted by Gasteiger charge is 1.98. The number of amides is 1. The van der Waals surface area contributed by atoms with Crippen LogP contribution in [0.25, 0.3) is 0 Å². The van der Waals surface area contributed by atoms with Gasteiger partial charge in [0.15, 0.2) is 0 Å². The average Bonchev–Trinajstić information content (AvgIpc) is 2.20. The van der Waals surface area contributed by atoms with Crippen molar-refractivity contribution in [1.29, 1.82) is 0 Å². The predicted molar refractivity (Wildman–Crippen MR) is 58.9 cm³/mol. The Morgan fingerprint density at radius 3 is 2.60 bits per heavy atom. The van der Waals surface area contributed by atoms with Crippen molar-refractivity contribution in [2.24, 2.45) is 0 Å². The minimum atomic E-state index is -1.08. The Bertz CT molecular complexity index is 313. The highest BCUT2D eigenvalue weighted by atomic mass is 35.5. The van der Waals surface area contributed by atoms with Gasteiger partial charge in [0.05, 0.1) is 6.61 Å². The first-order chi connectivity index (χ1) is 7.22. The molecule has 4 nitrogen and oxygen atoms in total. The van der Waals surface area contributed by atoms with E-state index in [-0.39, 0.29) is 0 Å². The van der Waals surface area contributed by atoms with Crippen LogP contribution in [0.2, 0.25) is 0 Å². The third-order valence-corrected chi connectivity index (χ3v) is 1.92. The summed E-state index contributed by atoms with van der Waals surface area (Å²) in [6, 6.07) is 6.70. The fourth-order valence-electron chi connectivity index (χ4n) is 1.00. The standard InChI is InChI=1S/C10H12ClNO3/c11-6-1-7-15-9-4-2-8(3-5-9)12-10(13)14/h2-5,12H,1,6-7H2,(H,13,14). The molecule has 0 atom stereocenters. The highest BCUT2D eigenvalue weighted by Crippen LogP contribution is 2.15. The molecule has 0 aliphatic carbocycles. The number of nitrogens with one attached hydrogen (secondary N) is 1. The normalized spacial score (nSPS) is 9.67. The summed E-state index contributed by atoms with van der Waals surface area (Å²) in [5.74, 6) is 1.27. The Morgan fingerprint density at radius 1 is 1.40 bits per heavy atom.